The fraction of sp³-hybridized carbons (Fsp3) is 1.00. The molecule has 0 unspecified atom stereocenters. The van der Waals surface area contributed by atoms with Gasteiger partial charge in [-0.15, -0.1) is 0 Å². The first-order valence-electron chi connectivity index (χ1n) is 7.35. The predicted octanol–water partition coefficient (Wildman–Crippen LogP) is 4.88. The van der Waals surface area contributed by atoms with Crippen molar-refractivity contribution in [3.8, 4) is 0 Å². The highest BCUT2D eigenvalue weighted by atomic mass is 15.1. The molecule has 16 heavy (non-hydrogen) atoms. The van der Waals surface area contributed by atoms with Crippen molar-refractivity contribution >= 4 is 0 Å². The topological polar surface area (TPSA) is 24.7 Å². The minimum absolute atomic E-state index is 0.561. The van der Waals surface area contributed by atoms with Crippen molar-refractivity contribution in [3.05, 3.63) is 0 Å². The Hall–Kier alpha value is -0.400. The molecule has 2 saturated carbocycles. The van der Waals surface area contributed by atoms with Crippen LogP contribution in [-0.4, -0.2) is 12.1 Å². The van der Waals surface area contributed by atoms with Crippen LogP contribution in [0.5, 0.6) is 0 Å². The molecule has 0 saturated heterocycles. The van der Waals surface area contributed by atoms with Crippen molar-refractivity contribution in [2.24, 2.45) is 10.2 Å². The zero-order chi connectivity index (χ0) is 11.1. The van der Waals surface area contributed by atoms with E-state index in [1.54, 1.807) is 0 Å². The van der Waals surface area contributed by atoms with Crippen LogP contribution in [0, 0.1) is 0 Å². The zero-order valence-electron chi connectivity index (χ0n) is 10.5. The van der Waals surface area contributed by atoms with E-state index in [2.05, 4.69) is 10.2 Å². The molecule has 2 fully saturated rings. The van der Waals surface area contributed by atoms with Crippen LogP contribution in [0.25, 0.3) is 0 Å². The fourth-order valence-electron chi connectivity index (χ4n) is 2.94. The van der Waals surface area contributed by atoms with Gasteiger partial charge in [0.05, 0.1) is 12.1 Å². The maximum Gasteiger partial charge on any atom is 0.0708 e. The molecule has 2 heteroatoms. The summed E-state index contributed by atoms with van der Waals surface area (Å²) in [6, 6.07) is 1.12. The van der Waals surface area contributed by atoms with E-state index in [0.29, 0.717) is 12.1 Å². The van der Waals surface area contributed by atoms with Gasteiger partial charge in [0.25, 0.3) is 0 Å². The summed E-state index contributed by atoms with van der Waals surface area (Å²) >= 11 is 0. The van der Waals surface area contributed by atoms with E-state index in [-0.39, 0.29) is 0 Å². The van der Waals surface area contributed by atoms with Crippen LogP contribution in [0.2, 0.25) is 0 Å². The molecular formula is C14H26N2. The van der Waals surface area contributed by atoms with Gasteiger partial charge >= 0.3 is 0 Å². The lowest BCUT2D eigenvalue weighted by atomic mass is 10.1. The van der Waals surface area contributed by atoms with E-state index in [0.717, 1.165) is 0 Å². The second-order valence-electron chi connectivity index (χ2n) is 5.52. The summed E-state index contributed by atoms with van der Waals surface area (Å²) in [4.78, 5) is 0. The van der Waals surface area contributed by atoms with E-state index in [1.165, 1.54) is 77.0 Å². The van der Waals surface area contributed by atoms with Crippen LogP contribution < -0.4 is 0 Å². The van der Waals surface area contributed by atoms with E-state index >= 15 is 0 Å². The molecular weight excluding hydrogens is 196 g/mol. The molecule has 0 aromatic heterocycles. The maximum atomic E-state index is 4.63. The standard InChI is InChI=1S/C14H26N2/c1-2-6-10-13(9-5-1)15-16-14-11-7-3-4-8-12-14/h13-14H,1-12H2. The van der Waals surface area contributed by atoms with E-state index in [4.69, 9.17) is 0 Å². The third-order valence-electron chi connectivity index (χ3n) is 4.04. The molecule has 0 amide bonds. The Morgan fingerprint density at radius 2 is 0.750 bits per heavy atom. The second-order valence-corrected chi connectivity index (χ2v) is 5.52. The average molecular weight is 222 g/mol. The van der Waals surface area contributed by atoms with Crippen molar-refractivity contribution < 1.29 is 0 Å². The SMILES string of the molecule is C1CCCC(N=NC2CCCCCC2)CC1. The van der Waals surface area contributed by atoms with Crippen molar-refractivity contribution in [1.82, 2.24) is 0 Å². The lowest BCUT2D eigenvalue weighted by Crippen LogP contribution is -2.05. The fourth-order valence-corrected chi connectivity index (χ4v) is 2.94. The molecule has 0 aliphatic heterocycles. The molecule has 0 atom stereocenters. The molecule has 0 aromatic carbocycles. The monoisotopic (exact) mass is 222 g/mol. The summed E-state index contributed by atoms with van der Waals surface area (Å²) in [5.74, 6) is 0. The van der Waals surface area contributed by atoms with Crippen LogP contribution >= 0.6 is 0 Å². The molecule has 0 N–H and O–H groups in total. The Balaban J connectivity index is 1.76. The second kappa shape index (κ2) is 7.03. The predicted molar refractivity (Wildman–Crippen MR) is 67.8 cm³/mol. The van der Waals surface area contributed by atoms with Gasteiger partial charge in [-0.3, -0.25) is 0 Å². The van der Waals surface area contributed by atoms with Gasteiger partial charge in [0, 0.05) is 0 Å². The molecule has 0 heterocycles. The van der Waals surface area contributed by atoms with E-state index < -0.39 is 0 Å². The molecule has 2 nitrogen and oxygen atoms in total. The first kappa shape index (κ1) is 12.1. The van der Waals surface area contributed by atoms with Gasteiger partial charge in [0.15, 0.2) is 0 Å². The Bertz CT molecular complexity index is 175. The van der Waals surface area contributed by atoms with Crippen molar-refractivity contribution in [2.75, 3.05) is 0 Å². The molecule has 0 radical (unpaired) electrons. The smallest absolute Gasteiger partial charge is 0.0708 e. The average Bonchev–Trinajstić information content (AvgIpc) is 2.71. The first-order valence-corrected chi connectivity index (χ1v) is 7.35. The molecule has 2 aliphatic rings. The molecule has 0 bridgehead atoms. The highest BCUT2D eigenvalue weighted by molar-refractivity contribution is 4.72. The highest BCUT2D eigenvalue weighted by Crippen LogP contribution is 2.23. The Morgan fingerprint density at radius 1 is 0.438 bits per heavy atom. The van der Waals surface area contributed by atoms with Gasteiger partial charge in [-0.1, -0.05) is 51.4 Å². The first-order chi connectivity index (χ1) is 7.95. The molecule has 0 aromatic rings. The minimum Gasteiger partial charge on any atom is -0.191 e. The van der Waals surface area contributed by atoms with Crippen LogP contribution in [0.1, 0.15) is 77.0 Å². The molecule has 92 valence electrons. The Kier molecular flexibility index (Phi) is 5.30. The Labute approximate surface area is 99.9 Å². The van der Waals surface area contributed by atoms with Gasteiger partial charge in [-0.25, -0.2) is 0 Å². The quantitative estimate of drug-likeness (QED) is 0.470. The van der Waals surface area contributed by atoms with E-state index in [1.807, 2.05) is 0 Å². The third-order valence-corrected chi connectivity index (χ3v) is 4.04. The molecule has 2 aliphatic carbocycles. The number of azo groups is 1. The van der Waals surface area contributed by atoms with Gasteiger partial charge < -0.3 is 0 Å². The third kappa shape index (κ3) is 4.23. The van der Waals surface area contributed by atoms with Gasteiger partial charge in [-0.05, 0) is 25.7 Å². The Morgan fingerprint density at radius 3 is 1.06 bits per heavy atom. The lowest BCUT2D eigenvalue weighted by molar-refractivity contribution is 0.497. The number of hydrogen-bond donors (Lipinski definition) is 0. The largest absolute Gasteiger partial charge is 0.191 e. The summed E-state index contributed by atoms with van der Waals surface area (Å²) in [5, 5.41) is 9.27. The number of hydrogen-bond acceptors (Lipinski definition) is 2. The summed E-state index contributed by atoms with van der Waals surface area (Å²) in [7, 11) is 0. The van der Waals surface area contributed by atoms with Crippen molar-refractivity contribution in [1.29, 1.82) is 0 Å². The normalized spacial score (nSPS) is 26.8. The number of nitrogens with zero attached hydrogens (tertiary/aromatic N) is 2. The van der Waals surface area contributed by atoms with Crippen LogP contribution in [0.4, 0.5) is 0 Å². The van der Waals surface area contributed by atoms with Gasteiger partial charge in [0.1, 0.15) is 0 Å². The summed E-state index contributed by atoms with van der Waals surface area (Å²) < 4.78 is 0. The highest BCUT2D eigenvalue weighted by Gasteiger charge is 2.14. The summed E-state index contributed by atoms with van der Waals surface area (Å²) in [5.41, 5.74) is 0. The van der Waals surface area contributed by atoms with Crippen LogP contribution in [0.3, 0.4) is 0 Å². The summed E-state index contributed by atoms with van der Waals surface area (Å²) in [6.45, 7) is 0. The lowest BCUT2D eigenvalue weighted by Gasteiger charge is -2.10. The molecule has 2 rings (SSSR count). The van der Waals surface area contributed by atoms with Crippen LogP contribution in [-0.2, 0) is 0 Å². The maximum absolute atomic E-state index is 4.63. The molecule has 0 spiro atoms. The van der Waals surface area contributed by atoms with Crippen molar-refractivity contribution in [2.45, 2.75) is 89.1 Å². The summed E-state index contributed by atoms with van der Waals surface area (Å²) in [6.07, 6.45) is 16.3. The van der Waals surface area contributed by atoms with Gasteiger partial charge in [0.2, 0.25) is 0 Å². The zero-order valence-corrected chi connectivity index (χ0v) is 10.5. The van der Waals surface area contributed by atoms with E-state index in [9.17, 15) is 0 Å². The minimum atomic E-state index is 0.561. The van der Waals surface area contributed by atoms with Crippen molar-refractivity contribution in [3.63, 3.8) is 0 Å². The number of rotatable bonds is 2. The van der Waals surface area contributed by atoms with Gasteiger partial charge in [-0.2, -0.15) is 10.2 Å². The van der Waals surface area contributed by atoms with Crippen LogP contribution in [0.15, 0.2) is 10.2 Å².